The highest BCUT2D eigenvalue weighted by Crippen LogP contribution is 2.16. The molecule has 0 spiro atoms. The van der Waals surface area contributed by atoms with Gasteiger partial charge >= 0.3 is 364 Å². The van der Waals surface area contributed by atoms with Crippen molar-refractivity contribution in [1.82, 2.24) is 0 Å². The molecule has 0 atom stereocenters. The van der Waals surface area contributed by atoms with Gasteiger partial charge in [-0.05, 0) is 19.3 Å². The van der Waals surface area contributed by atoms with Crippen molar-refractivity contribution in [3.05, 3.63) is 0 Å². The van der Waals surface area contributed by atoms with Gasteiger partial charge in [-0.25, -0.2) is 0 Å². The zero-order valence-corrected chi connectivity index (χ0v) is 41.0. The van der Waals surface area contributed by atoms with Crippen LogP contribution < -0.4 is 0 Å². The van der Waals surface area contributed by atoms with Gasteiger partial charge in [-0.1, -0.05) is 290 Å². The normalized spacial score (nSPS) is 8.68. The molecule has 0 heterocycles. The summed E-state index contributed by atoms with van der Waals surface area (Å²) in [6, 6.07) is 0. The van der Waals surface area contributed by atoms with Crippen LogP contribution in [0.25, 0.3) is 0 Å². The van der Waals surface area contributed by atoms with Gasteiger partial charge in [-0.15, -0.1) is 0 Å². The zero-order valence-electron chi connectivity index (χ0n) is 41.0. The highest BCUT2D eigenvalue weighted by atomic mass is 24.3. The van der Waals surface area contributed by atoms with E-state index in [0.29, 0.717) is 19.3 Å². The minimum atomic E-state index is -0.653. The first kappa shape index (κ1) is 134. The van der Waals surface area contributed by atoms with Crippen molar-refractivity contribution < 1.29 is 29.7 Å². The Kier molecular flexibility index (Phi) is 229. The smallest absolute Gasteiger partial charge is 0.316 e. The first-order chi connectivity index (χ1) is 29.3. The standard InChI is InChI=1S/3C18H36O2.15Mg.30H/c3*1-2-3-4-5-6-7-8-9-10-11-12-13-14-15-16-17-18(19)20;;;;;;;;;;;;;;;;;;;;;;;;;;;;;;;;;;;;;;;;;;;;;/h3*2-17H2,1H3,(H,19,20);;;;;;;;;;;;;;;;;;;;;;;;;;;;;;;;;;;;;;;;;;;;;. The van der Waals surface area contributed by atoms with E-state index in [-0.39, 0.29) is 346 Å². The molecule has 0 saturated carbocycles. The summed E-state index contributed by atoms with van der Waals surface area (Å²) in [5.74, 6) is -1.96. The Morgan fingerprint density at radius 2 is 0.253 bits per heavy atom. The molecule has 0 amide bonds. The second kappa shape index (κ2) is 129. The van der Waals surface area contributed by atoms with Crippen molar-refractivity contribution in [2.75, 3.05) is 0 Å². The molecule has 0 saturated heterocycles. The van der Waals surface area contributed by atoms with E-state index in [1.807, 2.05) is 0 Å². The van der Waals surface area contributed by atoms with Gasteiger partial charge in [0.2, 0.25) is 0 Å². The lowest BCUT2D eigenvalue weighted by atomic mass is 10.0. The van der Waals surface area contributed by atoms with Gasteiger partial charge in [0.05, 0.1) is 0 Å². The molecule has 0 unspecified atom stereocenters. The molecular formula is C54H138Mg15O6. The third-order valence-corrected chi connectivity index (χ3v) is 12.0. The fraction of sp³-hybridized carbons (Fsp3) is 0.944. The van der Waals surface area contributed by atoms with E-state index in [2.05, 4.69) is 20.8 Å². The molecule has 21 heteroatoms. The first-order valence-corrected chi connectivity index (χ1v) is 27.0. The highest BCUT2D eigenvalue weighted by molar-refractivity contribution is 5.77. The van der Waals surface area contributed by atoms with Crippen LogP contribution in [0.5, 0.6) is 0 Å². The van der Waals surface area contributed by atoms with E-state index in [0.717, 1.165) is 38.5 Å². The number of hydrogen-bond donors (Lipinski definition) is 3. The SMILES string of the molecule is CCCCCCCCCCCCCCCCCC(=O)O.CCCCCCCCCCCCCCCCCC(=O)O.CCCCCCCCCCCCCCCCCC(=O)O.[MgH2].[MgH2].[MgH2].[MgH2].[MgH2].[MgH2].[MgH2].[MgH2].[MgH2].[MgH2].[MgH2].[MgH2].[MgH2].[MgH2].[MgH2]. The van der Waals surface area contributed by atoms with Crippen LogP contribution in [-0.2, 0) is 14.4 Å². The third-order valence-electron chi connectivity index (χ3n) is 12.0. The van der Waals surface area contributed by atoms with Gasteiger partial charge in [0.25, 0.3) is 0 Å². The van der Waals surface area contributed by atoms with Crippen molar-refractivity contribution in [2.45, 2.75) is 329 Å². The Bertz CT molecular complexity index is 764. The topological polar surface area (TPSA) is 112 Å². The van der Waals surface area contributed by atoms with Crippen LogP contribution in [0.3, 0.4) is 0 Å². The lowest BCUT2D eigenvalue weighted by Crippen LogP contribution is -1.93. The average Bonchev–Trinajstić information content (AvgIpc) is 3.22. The van der Waals surface area contributed by atoms with Crippen LogP contribution in [0.2, 0.25) is 0 Å². The number of carbonyl (C=O) groups is 3. The number of carboxylic acid groups (broad SMARTS) is 3. The van der Waals surface area contributed by atoms with E-state index in [4.69, 9.17) is 15.3 Å². The van der Waals surface area contributed by atoms with Gasteiger partial charge in [-0.3, -0.25) is 14.4 Å². The number of aliphatic carboxylic acids is 3. The molecule has 0 bridgehead atoms. The molecule has 0 aliphatic heterocycles. The molecule has 3 N–H and O–H groups in total. The average molecular weight is 1250 g/mol. The molecule has 0 aliphatic rings. The fourth-order valence-corrected chi connectivity index (χ4v) is 7.94. The monoisotopic (exact) mass is 1240 g/mol. The Morgan fingerprint density at radius 1 is 0.173 bits per heavy atom. The van der Waals surface area contributed by atoms with Gasteiger partial charge in [0, 0.05) is 19.3 Å². The second-order valence-electron chi connectivity index (χ2n) is 18.3. The predicted molar refractivity (Wildman–Crippen MR) is 390 cm³/mol. The van der Waals surface area contributed by atoms with Crippen LogP contribution in [0.1, 0.15) is 329 Å². The quantitative estimate of drug-likeness (QED) is 0.0568. The summed E-state index contributed by atoms with van der Waals surface area (Å²) in [5.41, 5.74) is 0. The summed E-state index contributed by atoms with van der Waals surface area (Å²) in [6.07, 6.45) is 60.6. The molecule has 0 rings (SSSR count). The molecule has 420 valence electrons. The summed E-state index contributed by atoms with van der Waals surface area (Å²) in [5, 5.41) is 25.6. The van der Waals surface area contributed by atoms with Crippen molar-refractivity contribution in [3.8, 4) is 0 Å². The molecule has 6 nitrogen and oxygen atoms in total. The Labute approximate surface area is 709 Å². The summed E-state index contributed by atoms with van der Waals surface area (Å²) < 4.78 is 0. The molecule has 0 fully saturated rings. The van der Waals surface area contributed by atoms with Crippen LogP contribution in [0, 0.1) is 0 Å². The van der Waals surface area contributed by atoms with E-state index in [1.54, 1.807) is 0 Å². The lowest BCUT2D eigenvalue weighted by Gasteiger charge is -2.03. The van der Waals surface area contributed by atoms with Crippen molar-refractivity contribution in [1.29, 1.82) is 0 Å². The molecule has 75 heavy (non-hydrogen) atoms. The molecule has 0 aliphatic carbocycles. The maximum absolute atomic E-state index is 10.3. The number of carboxylic acids is 3. The van der Waals surface area contributed by atoms with Crippen LogP contribution in [0.15, 0.2) is 0 Å². The van der Waals surface area contributed by atoms with Crippen LogP contribution in [-0.4, -0.2) is 379 Å². The van der Waals surface area contributed by atoms with Crippen molar-refractivity contribution in [3.63, 3.8) is 0 Å². The van der Waals surface area contributed by atoms with E-state index in [1.165, 1.54) is 250 Å². The van der Waals surface area contributed by atoms with Gasteiger partial charge in [0.1, 0.15) is 0 Å². The van der Waals surface area contributed by atoms with Crippen LogP contribution >= 0.6 is 0 Å². The fourth-order valence-electron chi connectivity index (χ4n) is 7.94. The number of rotatable bonds is 48. The Morgan fingerprint density at radius 3 is 0.333 bits per heavy atom. The first-order valence-electron chi connectivity index (χ1n) is 27.0. The summed E-state index contributed by atoms with van der Waals surface area (Å²) in [7, 11) is 0. The second-order valence-corrected chi connectivity index (χ2v) is 18.3. The summed E-state index contributed by atoms with van der Waals surface area (Å²) >= 11 is 0. The highest BCUT2D eigenvalue weighted by Gasteiger charge is 2.00. The summed E-state index contributed by atoms with van der Waals surface area (Å²) in [4.78, 5) is 31.0. The molecule has 0 aromatic rings. The Hall–Kier alpha value is 9.90. The molecular weight excluding hydrogens is 1110 g/mol. The predicted octanol–water partition coefficient (Wildman–Crippen LogP) is 5.25. The minimum absolute atomic E-state index is 0. The van der Waals surface area contributed by atoms with Crippen molar-refractivity contribution in [2.24, 2.45) is 0 Å². The number of hydrogen-bond acceptors (Lipinski definition) is 3. The zero-order chi connectivity index (χ0) is 44.7. The third kappa shape index (κ3) is 152. The molecule has 0 aromatic heterocycles. The van der Waals surface area contributed by atoms with E-state index < -0.39 is 17.9 Å². The lowest BCUT2D eigenvalue weighted by molar-refractivity contribution is -0.138. The molecule has 0 aromatic carbocycles. The van der Waals surface area contributed by atoms with Crippen LogP contribution in [0.4, 0.5) is 0 Å². The Balaban J connectivity index is -0.0000000369. The van der Waals surface area contributed by atoms with Crippen molar-refractivity contribution >= 4 is 364 Å². The largest absolute Gasteiger partial charge is 0.481 e. The summed E-state index contributed by atoms with van der Waals surface area (Å²) in [6.45, 7) is 6.81. The van der Waals surface area contributed by atoms with E-state index >= 15 is 0 Å². The number of unbranched alkanes of at least 4 members (excludes halogenated alkanes) is 42. The van der Waals surface area contributed by atoms with Gasteiger partial charge in [0.15, 0.2) is 0 Å². The van der Waals surface area contributed by atoms with Gasteiger partial charge in [-0.2, -0.15) is 0 Å². The van der Waals surface area contributed by atoms with E-state index in [9.17, 15) is 14.4 Å². The minimum Gasteiger partial charge on any atom is -0.481 e. The van der Waals surface area contributed by atoms with Gasteiger partial charge < -0.3 is 15.3 Å². The molecule has 0 radical (unpaired) electrons. The maximum atomic E-state index is 10.3. The maximum Gasteiger partial charge on any atom is 0.316 e.